The van der Waals surface area contributed by atoms with Crippen molar-refractivity contribution in [1.29, 1.82) is 0 Å². The van der Waals surface area contributed by atoms with Crippen LogP contribution in [0, 0.1) is 0 Å². The van der Waals surface area contributed by atoms with Crippen LogP contribution in [0.3, 0.4) is 0 Å². The van der Waals surface area contributed by atoms with E-state index >= 15 is 0 Å². The van der Waals surface area contributed by atoms with Crippen LogP contribution in [0.5, 0.6) is 5.75 Å². The van der Waals surface area contributed by atoms with Crippen LogP contribution in [0.2, 0.25) is 5.02 Å². The van der Waals surface area contributed by atoms with Crippen LogP contribution in [-0.2, 0) is 21.4 Å². The predicted molar refractivity (Wildman–Crippen MR) is 137 cm³/mol. The van der Waals surface area contributed by atoms with Gasteiger partial charge in [0.25, 0.3) is 15.9 Å². The first-order chi connectivity index (χ1) is 16.8. The molecule has 0 unspecified atom stereocenters. The SMILES string of the molecule is CCn1c(=O)sc2cc(NC(=O)[C@@H]3CN(S(=O)(=O)c4ccc(Cl)cc4)c4ccccc4O3)ccc21. The summed E-state index contributed by atoms with van der Waals surface area (Å²) >= 11 is 7.03. The molecule has 0 aliphatic carbocycles. The summed E-state index contributed by atoms with van der Waals surface area (Å²) in [4.78, 5) is 25.3. The number of rotatable bonds is 5. The average Bonchev–Trinajstić information content (AvgIpc) is 3.17. The maximum absolute atomic E-state index is 13.5. The van der Waals surface area contributed by atoms with Crippen LogP contribution in [0.25, 0.3) is 10.2 Å². The highest BCUT2D eigenvalue weighted by Gasteiger charge is 2.37. The minimum Gasteiger partial charge on any atom is -0.476 e. The van der Waals surface area contributed by atoms with Crippen molar-refractivity contribution in [3.63, 3.8) is 0 Å². The Hall–Kier alpha value is -3.34. The second-order valence-corrected chi connectivity index (χ2v) is 11.1. The standard InChI is InChI=1S/C24H20ClN3O5S2/c1-2-27-19-12-9-16(13-22(19)34-24(27)30)26-23(29)21-14-28(18-5-3-4-6-20(18)33-21)35(31,32)17-10-7-15(25)8-11-17/h3-13,21H,2,14H2,1H3,(H,26,29)/t21-/m0/s1. The summed E-state index contributed by atoms with van der Waals surface area (Å²) in [5.41, 5.74) is 1.63. The fourth-order valence-corrected chi connectivity index (χ4v) is 6.56. The number of fused-ring (bicyclic) bond motifs is 2. The van der Waals surface area contributed by atoms with E-state index in [0.717, 1.165) is 21.6 Å². The molecule has 0 saturated heterocycles. The molecule has 4 aromatic rings. The molecule has 8 nitrogen and oxygen atoms in total. The molecule has 35 heavy (non-hydrogen) atoms. The third-order valence-electron chi connectivity index (χ3n) is 5.68. The number of sulfonamides is 1. The van der Waals surface area contributed by atoms with Gasteiger partial charge in [-0.2, -0.15) is 0 Å². The number of amides is 1. The summed E-state index contributed by atoms with van der Waals surface area (Å²) in [6, 6.07) is 17.7. The van der Waals surface area contributed by atoms with Crippen molar-refractivity contribution >= 4 is 60.5 Å². The molecule has 5 rings (SSSR count). The van der Waals surface area contributed by atoms with Gasteiger partial charge in [0.2, 0.25) is 0 Å². The van der Waals surface area contributed by atoms with Crippen molar-refractivity contribution in [2.75, 3.05) is 16.2 Å². The van der Waals surface area contributed by atoms with Crippen LogP contribution in [-0.4, -0.2) is 31.5 Å². The molecule has 0 fully saturated rings. The molecular formula is C24H20ClN3O5S2. The fraction of sp³-hybridized carbons (Fsp3) is 0.167. The molecule has 2 heterocycles. The Bertz CT molecular complexity index is 1600. The number of anilines is 2. The highest BCUT2D eigenvalue weighted by molar-refractivity contribution is 7.92. The van der Waals surface area contributed by atoms with Gasteiger partial charge >= 0.3 is 4.87 Å². The quantitative estimate of drug-likeness (QED) is 0.415. The molecule has 3 aromatic carbocycles. The van der Waals surface area contributed by atoms with E-state index in [1.807, 2.05) is 6.92 Å². The number of para-hydroxylation sites is 2. The Labute approximate surface area is 210 Å². The first kappa shape index (κ1) is 23.4. The normalized spacial score (nSPS) is 15.5. The van der Waals surface area contributed by atoms with E-state index in [-0.39, 0.29) is 22.1 Å². The van der Waals surface area contributed by atoms with Crippen LogP contribution >= 0.6 is 22.9 Å². The zero-order valence-electron chi connectivity index (χ0n) is 18.5. The smallest absolute Gasteiger partial charge is 0.308 e. The number of nitrogens with one attached hydrogen (secondary N) is 1. The average molecular weight is 530 g/mol. The van der Waals surface area contributed by atoms with Gasteiger partial charge in [-0.25, -0.2) is 8.42 Å². The Balaban J connectivity index is 1.45. The van der Waals surface area contributed by atoms with E-state index in [1.165, 1.54) is 28.6 Å². The van der Waals surface area contributed by atoms with E-state index in [0.29, 0.717) is 22.9 Å². The third kappa shape index (κ3) is 4.29. The molecule has 0 saturated carbocycles. The lowest BCUT2D eigenvalue weighted by Crippen LogP contribution is -2.48. The molecule has 0 bridgehead atoms. The van der Waals surface area contributed by atoms with Gasteiger partial charge in [0.1, 0.15) is 5.75 Å². The fourth-order valence-electron chi connectivity index (χ4n) is 3.97. The lowest BCUT2D eigenvalue weighted by molar-refractivity contribution is -0.122. The van der Waals surface area contributed by atoms with Gasteiger partial charge < -0.3 is 10.1 Å². The molecule has 1 N–H and O–H groups in total. The molecule has 1 atom stereocenters. The maximum atomic E-state index is 13.5. The number of aryl methyl sites for hydroxylation is 1. The van der Waals surface area contributed by atoms with Crippen molar-refractivity contribution in [2.45, 2.75) is 24.5 Å². The second-order valence-electron chi connectivity index (χ2n) is 7.85. The summed E-state index contributed by atoms with van der Waals surface area (Å²) in [5.74, 6) is -0.220. The molecule has 0 spiro atoms. The van der Waals surface area contributed by atoms with Gasteiger partial charge in [-0.3, -0.25) is 18.5 Å². The van der Waals surface area contributed by atoms with Gasteiger partial charge in [0.05, 0.1) is 27.3 Å². The Morgan fingerprint density at radius 2 is 1.89 bits per heavy atom. The van der Waals surface area contributed by atoms with E-state index in [9.17, 15) is 18.0 Å². The highest BCUT2D eigenvalue weighted by Crippen LogP contribution is 2.37. The monoisotopic (exact) mass is 529 g/mol. The van der Waals surface area contributed by atoms with E-state index in [2.05, 4.69) is 5.32 Å². The van der Waals surface area contributed by atoms with Crippen LogP contribution in [0.15, 0.2) is 76.4 Å². The van der Waals surface area contributed by atoms with Gasteiger partial charge in [-0.15, -0.1) is 0 Å². The number of hydrogen-bond acceptors (Lipinski definition) is 6. The summed E-state index contributed by atoms with van der Waals surface area (Å²) < 4.78 is 36.4. The zero-order valence-corrected chi connectivity index (χ0v) is 20.9. The lowest BCUT2D eigenvalue weighted by Gasteiger charge is -2.34. The minimum absolute atomic E-state index is 0.0542. The second kappa shape index (κ2) is 9.03. The zero-order chi connectivity index (χ0) is 24.7. The summed E-state index contributed by atoms with van der Waals surface area (Å²) in [6.07, 6.45) is -1.10. The van der Waals surface area contributed by atoms with Crippen molar-refractivity contribution < 1.29 is 17.9 Å². The largest absolute Gasteiger partial charge is 0.476 e. The van der Waals surface area contributed by atoms with E-state index < -0.39 is 22.0 Å². The Morgan fingerprint density at radius 3 is 2.63 bits per heavy atom. The van der Waals surface area contributed by atoms with E-state index in [1.54, 1.807) is 47.0 Å². The number of hydrogen-bond donors (Lipinski definition) is 1. The van der Waals surface area contributed by atoms with Crippen LogP contribution < -0.4 is 19.2 Å². The van der Waals surface area contributed by atoms with Crippen LogP contribution in [0.1, 0.15) is 6.92 Å². The number of ether oxygens (including phenoxy) is 1. The molecule has 1 aromatic heterocycles. The van der Waals surface area contributed by atoms with Gasteiger partial charge in [0.15, 0.2) is 6.10 Å². The number of carbonyl (C=O) groups excluding carboxylic acids is 1. The predicted octanol–water partition coefficient (Wildman–Crippen LogP) is 4.33. The number of thiazole rings is 1. The van der Waals surface area contributed by atoms with Crippen LogP contribution in [0.4, 0.5) is 11.4 Å². The summed E-state index contributed by atoms with van der Waals surface area (Å²) in [6.45, 7) is 2.23. The molecule has 1 aliphatic heterocycles. The van der Waals surface area contributed by atoms with Crippen molar-refractivity contribution in [3.8, 4) is 5.75 Å². The van der Waals surface area contributed by atoms with Crippen molar-refractivity contribution in [1.82, 2.24) is 4.57 Å². The van der Waals surface area contributed by atoms with Gasteiger partial charge in [0, 0.05) is 17.3 Å². The Kier molecular flexibility index (Phi) is 6.04. The van der Waals surface area contributed by atoms with Gasteiger partial charge in [-0.05, 0) is 61.5 Å². The number of carbonyl (C=O) groups is 1. The molecule has 180 valence electrons. The lowest BCUT2D eigenvalue weighted by atomic mass is 10.2. The first-order valence-corrected chi connectivity index (χ1v) is 13.4. The molecule has 1 aliphatic rings. The number of benzene rings is 3. The highest BCUT2D eigenvalue weighted by atomic mass is 35.5. The maximum Gasteiger partial charge on any atom is 0.308 e. The molecular weight excluding hydrogens is 510 g/mol. The number of halogens is 1. The van der Waals surface area contributed by atoms with Crippen molar-refractivity contribution in [2.24, 2.45) is 0 Å². The Morgan fingerprint density at radius 1 is 1.14 bits per heavy atom. The summed E-state index contributed by atoms with van der Waals surface area (Å²) in [7, 11) is -3.99. The third-order valence-corrected chi connectivity index (χ3v) is 8.67. The topological polar surface area (TPSA) is 97.7 Å². The first-order valence-electron chi connectivity index (χ1n) is 10.8. The molecule has 11 heteroatoms. The number of nitrogens with zero attached hydrogens (tertiary/aromatic N) is 2. The minimum atomic E-state index is -3.99. The van der Waals surface area contributed by atoms with Gasteiger partial charge in [-0.1, -0.05) is 35.1 Å². The molecule has 0 radical (unpaired) electrons. The number of aromatic nitrogens is 1. The molecule has 1 amide bonds. The summed E-state index contributed by atoms with van der Waals surface area (Å²) in [5, 5.41) is 3.21. The van der Waals surface area contributed by atoms with Crippen molar-refractivity contribution in [3.05, 3.63) is 81.4 Å². The van der Waals surface area contributed by atoms with E-state index in [4.69, 9.17) is 16.3 Å².